The Hall–Kier alpha value is -1.33. The zero-order valence-corrected chi connectivity index (χ0v) is 12.9. The molecule has 0 aliphatic carbocycles. The Bertz CT molecular complexity index is 513. The third-order valence-corrected chi connectivity index (χ3v) is 4.63. The molecule has 5 nitrogen and oxygen atoms in total. The average Bonchev–Trinajstić information content (AvgIpc) is 2.88. The highest BCUT2D eigenvalue weighted by molar-refractivity contribution is 5.89. The van der Waals surface area contributed by atoms with E-state index in [2.05, 4.69) is 4.90 Å². The minimum Gasteiger partial charge on any atom is -0.465 e. The van der Waals surface area contributed by atoms with Crippen LogP contribution in [0.25, 0.3) is 0 Å². The van der Waals surface area contributed by atoms with Crippen LogP contribution in [0.5, 0.6) is 0 Å². The zero-order valence-electron chi connectivity index (χ0n) is 12.9. The van der Waals surface area contributed by atoms with Gasteiger partial charge in [0.15, 0.2) is 0 Å². The lowest BCUT2D eigenvalue weighted by Crippen LogP contribution is -2.67. The molecule has 3 rings (SSSR count). The molecule has 2 aliphatic heterocycles. The number of hydrogen-bond donors (Lipinski definition) is 0. The molecule has 1 aromatic heterocycles. The monoisotopic (exact) mass is 292 g/mol. The highest BCUT2D eigenvalue weighted by Crippen LogP contribution is 2.40. The second-order valence-corrected chi connectivity index (χ2v) is 6.33. The molecule has 1 unspecified atom stereocenters. The van der Waals surface area contributed by atoms with Crippen LogP contribution >= 0.6 is 0 Å². The lowest BCUT2D eigenvalue weighted by Gasteiger charge is -2.53. The maximum absolute atomic E-state index is 12.5. The van der Waals surface area contributed by atoms with Crippen LogP contribution in [0.4, 0.5) is 0 Å². The number of β-lactam (4-membered cyclic amide) rings is 1. The summed E-state index contributed by atoms with van der Waals surface area (Å²) in [5.74, 6) is 2.25. The number of ether oxygens (including phenoxy) is 1. The van der Waals surface area contributed by atoms with Gasteiger partial charge in [-0.3, -0.25) is 9.69 Å². The Morgan fingerprint density at radius 1 is 1.38 bits per heavy atom. The fourth-order valence-corrected chi connectivity index (χ4v) is 3.59. The molecule has 1 amide bonds. The molecule has 1 atom stereocenters. The van der Waals surface area contributed by atoms with E-state index in [1.54, 1.807) is 7.11 Å². The summed E-state index contributed by atoms with van der Waals surface area (Å²) in [5.41, 5.74) is -0.145. The largest absolute Gasteiger partial charge is 0.465 e. The summed E-state index contributed by atoms with van der Waals surface area (Å²) < 4.78 is 10.7. The highest BCUT2D eigenvalue weighted by Gasteiger charge is 2.53. The Morgan fingerprint density at radius 3 is 2.90 bits per heavy atom. The summed E-state index contributed by atoms with van der Waals surface area (Å²) in [6.45, 7) is 6.89. The number of piperidine rings is 1. The Balaban J connectivity index is 1.58. The van der Waals surface area contributed by atoms with E-state index in [1.807, 2.05) is 24.0 Å². The van der Waals surface area contributed by atoms with Crippen molar-refractivity contribution in [2.24, 2.45) is 5.41 Å². The SMILES string of the molecule is COCCN1CC2(CCCN(Cc3ccc(C)o3)C2)C1=O. The van der Waals surface area contributed by atoms with E-state index in [0.29, 0.717) is 19.1 Å². The summed E-state index contributed by atoms with van der Waals surface area (Å²) >= 11 is 0. The molecule has 21 heavy (non-hydrogen) atoms. The third-order valence-electron chi connectivity index (χ3n) is 4.63. The number of carbonyl (C=O) groups excluding carboxylic acids is 1. The summed E-state index contributed by atoms with van der Waals surface area (Å²) in [6.07, 6.45) is 2.10. The number of amides is 1. The van der Waals surface area contributed by atoms with Gasteiger partial charge in [-0.15, -0.1) is 0 Å². The van der Waals surface area contributed by atoms with Crippen molar-refractivity contribution in [3.05, 3.63) is 23.7 Å². The smallest absolute Gasteiger partial charge is 0.232 e. The van der Waals surface area contributed by atoms with Crippen LogP contribution in [0.1, 0.15) is 24.4 Å². The molecule has 1 aromatic rings. The van der Waals surface area contributed by atoms with E-state index in [1.165, 1.54) is 0 Å². The van der Waals surface area contributed by atoms with Crippen molar-refractivity contribution < 1.29 is 13.9 Å². The molecule has 0 bridgehead atoms. The van der Waals surface area contributed by atoms with Crippen LogP contribution < -0.4 is 0 Å². The number of rotatable bonds is 5. The van der Waals surface area contributed by atoms with Gasteiger partial charge in [-0.1, -0.05) is 0 Å². The van der Waals surface area contributed by atoms with Crippen LogP contribution in [0.3, 0.4) is 0 Å². The van der Waals surface area contributed by atoms with Gasteiger partial charge in [0.25, 0.3) is 0 Å². The first kappa shape index (κ1) is 14.6. The van der Waals surface area contributed by atoms with Crippen LogP contribution in [0, 0.1) is 12.3 Å². The Kier molecular flexibility index (Phi) is 4.04. The van der Waals surface area contributed by atoms with Crippen molar-refractivity contribution in [1.82, 2.24) is 9.80 Å². The standard InChI is InChI=1S/C16H24N2O3/c1-13-4-5-14(21-13)10-17-7-3-6-16(11-17)12-18(15(16)19)8-9-20-2/h4-5H,3,6-12H2,1-2H3. The van der Waals surface area contributed by atoms with Crippen LogP contribution in [-0.2, 0) is 16.1 Å². The third kappa shape index (κ3) is 2.85. The predicted octanol–water partition coefficient (Wildman–Crippen LogP) is 1.66. The van der Waals surface area contributed by atoms with Crippen molar-refractivity contribution in [1.29, 1.82) is 0 Å². The summed E-state index contributed by atoms with van der Waals surface area (Å²) in [6, 6.07) is 4.03. The van der Waals surface area contributed by atoms with E-state index in [9.17, 15) is 4.79 Å². The van der Waals surface area contributed by atoms with Gasteiger partial charge in [0.05, 0.1) is 18.6 Å². The zero-order chi connectivity index (χ0) is 14.9. The Labute approximate surface area is 125 Å². The van der Waals surface area contributed by atoms with Gasteiger partial charge in [-0.2, -0.15) is 0 Å². The lowest BCUT2D eigenvalue weighted by atomic mass is 9.72. The fourth-order valence-electron chi connectivity index (χ4n) is 3.59. The van der Waals surface area contributed by atoms with Crippen molar-refractivity contribution in [3.8, 4) is 0 Å². The maximum atomic E-state index is 12.5. The van der Waals surface area contributed by atoms with Crippen LogP contribution in [0.15, 0.2) is 16.5 Å². The number of likely N-dealkylation sites (tertiary alicyclic amines) is 2. The summed E-state index contributed by atoms with van der Waals surface area (Å²) in [4.78, 5) is 16.7. The lowest BCUT2D eigenvalue weighted by molar-refractivity contribution is -0.167. The first-order valence-corrected chi connectivity index (χ1v) is 7.69. The van der Waals surface area contributed by atoms with E-state index in [4.69, 9.17) is 9.15 Å². The maximum Gasteiger partial charge on any atom is 0.232 e. The number of nitrogens with zero attached hydrogens (tertiary/aromatic N) is 2. The molecule has 1 spiro atoms. The second kappa shape index (κ2) is 5.81. The van der Waals surface area contributed by atoms with E-state index in [0.717, 1.165) is 50.5 Å². The minimum absolute atomic E-state index is 0.145. The van der Waals surface area contributed by atoms with Gasteiger partial charge in [0.2, 0.25) is 5.91 Å². The van der Waals surface area contributed by atoms with Crippen LogP contribution in [-0.4, -0.2) is 55.6 Å². The second-order valence-electron chi connectivity index (χ2n) is 6.33. The molecule has 5 heteroatoms. The summed E-state index contributed by atoms with van der Waals surface area (Å²) in [5, 5.41) is 0. The number of aryl methyl sites for hydroxylation is 1. The number of hydrogen-bond acceptors (Lipinski definition) is 4. The molecular weight excluding hydrogens is 268 g/mol. The van der Waals surface area contributed by atoms with E-state index in [-0.39, 0.29) is 5.41 Å². The fraction of sp³-hybridized carbons (Fsp3) is 0.688. The van der Waals surface area contributed by atoms with Gasteiger partial charge < -0.3 is 14.1 Å². The molecule has 0 N–H and O–H groups in total. The first-order chi connectivity index (χ1) is 10.1. The van der Waals surface area contributed by atoms with E-state index < -0.39 is 0 Å². The van der Waals surface area contributed by atoms with Gasteiger partial charge in [-0.25, -0.2) is 0 Å². The van der Waals surface area contributed by atoms with Gasteiger partial charge in [0, 0.05) is 26.7 Å². The molecular formula is C16H24N2O3. The van der Waals surface area contributed by atoms with Gasteiger partial charge in [-0.05, 0) is 38.4 Å². The van der Waals surface area contributed by atoms with Crippen molar-refractivity contribution in [2.75, 3.05) is 39.9 Å². The number of methoxy groups -OCH3 is 1. The first-order valence-electron chi connectivity index (χ1n) is 7.69. The molecule has 116 valence electrons. The van der Waals surface area contributed by atoms with Gasteiger partial charge >= 0.3 is 0 Å². The predicted molar refractivity (Wildman–Crippen MR) is 78.8 cm³/mol. The van der Waals surface area contributed by atoms with Gasteiger partial charge in [0.1, 0.15) is 11.5 Å². The Morgan fingerprint density at radius 2 is 2.24 bits per heavy atom. The minimum atomic E-state index is -0.145. The molecule has 0 aromatic carbocycles. The van der Waals surface area contributed by atoms with Crippen molar-refractivity contribution in [3.63, 3.8) is 0 Å². The topological polar surface area (TPSA) is 45.9 Å². The molecule has 2 fully saturated rings. The molecule has 0 saturated carbocycles. The molecule has 0 radical (unpaired) electrons. The normalized spacial score (nSPS) is 26.4. The number of carbonyl (C=O) groups is 1. The quantitative estimate of drug-likeness (QED) is 0.774. The summed E-state index contributed by atoms with van der Waals surface area (Å²) in [7, 11) is 1.67. The van der Waals surface area contributed by atoms with Crippen LogP contribution in [0.2, 0.25) is 0 Å². The van der Waals surface area contributed by atoms with Crippen molar-refractivity contribution in [2.45, 2.75) is 26.3 Å². The van der Waals surface area contributed by atoms with Crippen molar-refractivity contribution >= 4 is 5.91 Å². The number of furan rings is 1. The molecule has 3 heterocycles. The molecule has 2 aliphatic rings. The highest BCUT2D eigenvalue weighted by atomic mass is 16.5. The molecule has 2 saturated heterocycles. The van der Waals surface area contributed by atoms with E-state index >= 15 is 0 Å². The average molecular weight is 292 g/mol.